The number of halogens is 5. The summed E-state index contributed by atoms with van der Waals surface area (Å²) in [6.07, 6.45) is 5.91. The van der Waals surface area contributed by atoms with Gasteiger partial charge in [-0.2, -0.15) is 0 Å². The van der Waals surface area contributed by atoms with E-state index in [1.54, 1.807) is 32.0 Å². The van der Waals surface area contributed by atoms with Gasteiger partial charge in [0.25, 0.3) is 0 Å². The minimum atomic E-state index is -0.736. The highest BCUT2D eigenvalue weighted by molar-refractivity contribution is 5.25. The maximum atomic E-state index is 12.6. The van der Waals surface area contributed by atoms with Gasteiger partial charge in [0.1, 0.15) is 17.5 Å². The molecule has 1 heterocycles. The van der Waals surface area contributed by atoms with Gasteiger partial charge in [0.05, 0.1) is 13.2 Å². The van der Waals surface area contributed by atoms with E-state index in [-0.39, 0.29) is 17.7 Å². The third kappa shape index (κ3) is 19.9. The summed E-state index contributed by atoms with van der Waals surface area (Å²) in [4.78, 5) is 0. The van der Waals surface area contributed by atoms with Crippen molar-refractivity contribution in [1.29, 1.82) is 0 Å². The number of aryl methyl sites for hydroxylation is 7. The van der Waals surface area contributed by atoms with Crippen LogP contribution >= 0.6 is 0 Å². The molecule has 1 saturated heterocycles. The van der Waals surface area contributed by atoms with E-state index in [4.69, 9.17) is 9.47 Å². The van der Waals surface area contributed by atoms with E-state index in [9.17, 15) is 22.0 Å². The Balaban J connectivity index is 0.000000319. The molecule has 1 aliphatic heterocycles. The van der Waals surface area contributed by atoms with Crippen LogP contribution < -0.4 is 0 Å². The maximum Gasteiger partial charge on any atom is 0.161 e. The average molecular weight is 743 g/mol. The van der Waals surface area contributed by atoms with E-state index in [0.29, 0.717) is 28.2 Å². The van der Waals surface area contributed by atoms with Crippen molar-refractivity contribution in [3.05, 3.63) is 140 Å². The van der Waals surface area contributed by atoms with Crippen molar-refractivity contribution in [2.75, 3.05) is 13.2 Å². The zero-order valence-corrected chi connectivity index (χ0v) is 34.1. The maximum absolute atomic E-state index is 12.6. The monoisotopic (exact) mass is 742 g/mol. The molecule has 6 rings (SSSR count). The molecule has 0 atom stereocenters. The first-order chi connectivity index (χ1) is 24.8. The predicted molar refractivity (Wildman–Crippen MR) is 211 cm³/mol. The van der Waals surface area contributed by atoms with Crippen LogP contribution in [0.15, 0.2) is 66.7 Å². The molecule has 0 unspecified atom stereocenters. The van der Waals surface area contributed by atoms with Crippen molar-refractivity contribution in [1.82, 2.24) is 0 Å². The molecule has 53 heavy (non-hydrogen) atoms. The molecule has 4 aromatic rings. The van der Waals surface area contributed by atoms with Gasteiger partial charge in [-0.1, -0.05) is 106 Å². The Morgan fingerprint density at radius 3 is 1.09 bits per heavy atom. The molecule has 294 valence electrons. The Kier molecular flexibility index (Phi) is 22.1. The largest absolute Gasteiger partial charge is 0.353 e. The van der Waals surface area contributed by atoms with Crippen LogP contribution in [0.1, 0.15) is 97.9 Å². The third-order valence-corrected chi connectivity index (χ3v) is 8.97. The molecule has 2 nitrogen and oxygen atoms in total. The van der Waals surface area contributed by atoms with Crippen molar-refractivity contribution in [3.63, 3.8) is 0 Å². The molecular weight excluding hydrogens is 679 g/mol. The zero-order chi connectivity index (χ0) is 40.2. The summed E-state index contributed by atoms with van der Waals surface area (Å²) in [6.45, 7) is 24.5. The fourth-order valence-corrected chi connectivity index (χ4v) is 4.97. The molecule has 0 amide bonds. The lowest BCUT2D eigenvalue weighted by molar-refractivity contribution is -0.187. The predicted octanol–water partition coefficient (Wildman–Crippen LogP) is 13.8. The highest BCUT2D eigenvalue weighted by Crippen LogP contribution is 2.27. The first-order valence-electron chi connectivity index (χ1n) is 18.6. The normalized spacial score (nSPS) is 18.8. The summed E-state index contributed by atoms with van der Waals surface area (Å²) < 4.78 is 73.3. The van der Waals surface area contributed by atoms with Crippen LogP contribution in [0.2, 0.25) is 0 Å². The van der Waals surface area contributed by atoms with Gasteiger partial charge in [-0.25, -0.2) is 22.0 Å². The lowest BCUT2D eigenvalue weighted by Gasteiger charge is -2.24. The van der Waals surface area contributed by atoms with Crippen molar-refractivity contribution < 1.29 is 31.4 Å². The standard InChI is InChI=1S/2C8H8F2.C8H9F.C8H16.C8H10.C6H12O2/c1-5-3-7(9)6(2)8(10)4-5;1-5-3-4-6(2)8(10)7(5)9;1-6-3-4-7(2)8(9)5-6;2*1-7-3-5-8(2)6-4-7;1-5-3-7-6(2)8-4-5/h2*3-4H,1-2H3;3-5H,1-2H3;7-8H,3-6H2,1-2H3;3-6H,1-2H3;5-6H,3-4H2,1-2H3. The van der Waals surface area contributed by atoms with Crippen molar-refractivity contribution in [2.24, 2.45) is 17.8 Å². The first-order valence-corrected chi connectivity index (χ1v) is 18.6. The van der Waals surface area contributed by atoms with Crippen molar-refractivity contribution in [3.8, 4) is 0 Å². The molecule has 0 spiro atoms. The first kappa shape index (κ1) is 47.5. The summed E-state index contributed by atoms with van der Waals surface area (Å²) >= 11 is 0. The van der Waals surface area contributed by atoms with Gasteiger partial charge in [-0.05, 0) is 120 Å². The molecule has 0 radical (unpaired) electrons. The summed E-state index contributed by atoms with van der Waals surface area (Å²) in [7, 11) is 0. The number of hydrogen-bond donors (Lipinski definition) is 0. The van der Waals surface area contributed by atoms with Crippen LogP contribution in [0.5, 0.6) is 0 Å². The van der Waals surface area contributed by atoms with Crippen molar-refractivity contribution in [2.45, 2.75) is 115 Å². The molecule has 2 aliphatic rings. The minimum absolute atomic E-state index is 0.0196. The van der Waals surface area contributed by atoms with E-state index >= 15 is 0 Å². The Morgan fingerprint density at radius 2 is 0.755 bits per heavy atom. The van der Waals surface area contributed by atoms with Crippen LogP contribution in [0.25, 0.3) is 0 Å². The average Bonchev–Trinajstić information content (AvgIpc) is 3.11. The number of ether oxygens (including phenoxy) is 2. The van der Waals surface area contributed by atoms with Crippen LogP contribution in [-0.4, -0.2) is 19.5 Å². The summed E-state index contributed by atoms with van der Waals surface area (Å²) in [5.41, 5.74) is 5.74. The molecule has 0 aromatic heterocycles. The smallest absolute Gasteiger partial charge is 0.161 e. The van der Waals surface area contributed by atoms with Gasteiger partial charge in [0, 0.05) is 11.5 Å². The molecule has 0 bridgehead atoms. The molecular formula is C46H63F5O2. The Morgan fingerprint density at radius 1 is 0.415 bits per heavy atom. The molecule has 1 saturated carbocycles. The highest BCUT2D eigenvalue weighted by atomic mass is 19.2. The van der Waals surface area contributed by atoms with E-state index in [1.807, 2.05) is 19.9 Å². The fourth-order valence-electron chi connectivity index (χ4n) is 4.97. The third-order valence-electron chi connectivity index (χ3n) is 8.97. The minimum Gasteiger partial charge on any atom is -0.353 e. The number of hydrogen-bond acceptors (Lipinski definition) is 2. The summed E-state index contributed by atoms with van der Waals surface area (Å²) in [5, 5.41) is 0. The summed E-state index contributed by atoms with van der Waals surface area (Å²) in [6, 6.07) is 19.5. The second-order valence-corrected chi connectivity index (χ2v) is 14.8. The van der Waals surface area contributed by atoms with Crippen LogP contribution in [0.4, 0.5) is 22.0 Å². The van der Waals surface area contributed by atoms with E-state index < -0.39 is 23.3 Å². The lowest BCUT2D eigenvalue weighted by atomic mass is 9.84. The van der Waals surface area contributed by atoms with Crippen LogP contribution in [0, 0.1) is 102 Å². The van der Waals surface area contributed by atoms with Gasteiger partial charge >= 0.3 is 0 Å². The van der Waals surface area contributed by atoms with Gasteiger partial charge in [-0.3, -0.25) is 0 Å². The Bertz CT molecular complexity index is 1510. The van der Waals surface area contributed by atoms with Crippen LogP contribution in [-0.2, 0) is 9.47 Å². The van der Waals surface area contributed by atoms with Crippen molar-refractivity contribution >= 4 is 0 Å². The highest BCUT2D eigenvalue weighted by Gasteiger charge is 2.14. The number of benzene rings is 4. The van der Waals surface area contributed by atoms with Gasteiger partial charge in [-0.15, -0.1) is 0 Å². The van der Waals surface area contributed by atoms with Gasteiger partial charge in [0.15, 0.2) is 17.9 Å². The zero-order valence-electron chi connectivity index (χ0n) is 34.1. The molecule has 1 aliphatic carbocycles. The molecule has 2 fully saturated rings. The second-order valence-electron chi connectivity index (χ2n) is 14.8. The second kappa shape index (κ2) is 24.7. The molecule has 7 heteroatoms. The molecule has 0 N–H and O–H groups in total. The van der Waals surface area contributed by atoms with Gasteiger partial charge < -0.3 is 9.47 Å². The SMILES string of the molecule is CC1CCC(C)CC1.CC1COC(C)OC1.Cc1cc(F)c(C)c(F)c1.Cc1ccc(C)c(F)c1.Cc1ccc(C)c(F)c1F.Cc1ccc(C)cc1. The Labute approximate surface area is 317 Å². The van der Waals surface area contributed by atoms with E-state index in [0.717, 1.165) is 30.6 Å². The number of rotatable bonds is 0. The van der Waals surface area contributed by atoms with Gasteiger partial charge in [0.2, 0.25) is 0 Å². The Hall–Kier alpha value is -3.55. The topological polar surface area (TPSA) is 18.5 Å². The lowest BCUT2D eigenvalue weighted by Crippen LogP contribution is -2.27. The summed E-state index contributed by atoms with van der Waals surface area (Å²) in [5.74, 6) is 0.0774. The van der Waals surface area contributed by atoms with E-state index in [2.05, 4.69) is 58.9 Å². The molecule has 4 aromatic carbocycles. The quantitative estimate of drug-likeness (QED) is 0.167. The van der Waals surface area contributed by atoms with Crippen LogP contribution in [0.3, 0.4) is 0 Å². The van der Waals surface area contributed by atoms with E-state index in [1.165, 1.54) is 75.8 Å². The fraction of sp³-hybridized carbons (Fsp3) is 0.478.